The minimum Gasteiger partial charge on any atom is -0.453 e. The maximum Gasteiger partial charge on any atom is 0.338 e. The van der Waals surface area contributed by atoms with Gasteiger partial charge in [-0.25, -0.2) is 4.79 Å². The Morgan fingerprint density at radius 3 is 2.38 bits per heavy atom. The van der Waals surface area contributed by atoms with Crippen molar-refractivity contribution in [3.63, 3.8) is 0 Å². The smallest absolute Gasteiger partial charge is 0.338 e. The average Bonchev–Trinajstić information content (AvgIpc) is 2.14. The molecule has 5 heteroatoms. The Morgan fingerprint density at radius 2 is 2.00 bits per heavy atom. The first-order valence-corrected chi connectivity index (χ1v) is 4.05. The molecule has 2 atom stereocenters. The molecule has 0 aromatic rings. The van der Waals surface area contributed by atoms with Crippen LogP contribution in [0.1, 0.15) is 20.3 Å². The molecular weight excluding hydrogens is 176 g/mol. The van der Waals surface area contributed by atoms with Gasteiger partial charge in [-0.2, -0.15) is 0 Å². The molecule has 0 rings (SSSR count). The first-order valence-electron chi connectivity index (χ1n) is 4.05. The van der Waals surface area contributed by atoms with Gasteiger partial charge in [-0.05, 0) is 6.92 Å². The number of hydrogen-bond donors (Lipinski definition) is 2. The van der Waals surface area contributed by atoms with Crippen molar-refractivity contribution in [2.75, 3.05) is 6.61 Å². The molecule has 0 heterocycles. The lowest BCUT2D eigenvalue weighted by molar-refractivity contribution is -0.163. The number of aliphatic hydroxyl groups is 2. The fourth-order valence-corrected chi connectivity index (χ4v) is 0.680. The van der Waals surface area contributed by atoms with Crippen LogP contribution in [0.5, 0.6) is 0 Å². The van der Waals surface area contributed by atoms with Gasteiger partial charge in [0.1, 0.15) is 0 Å². The highest BCUT2D eigenvalue weighted by molar-refractivity contribution is 5.85. The van der Waals surface area contributed by atoms with E-state index in [1.54, 1.807) is 6.92 Å². The highest BCUT2D eigenvalue weighted by Gasteiger charge is 2.21. The first-order chi connectivity index (χ1) is 6.02. The number of aliphatic hydroxyl groups excluding tert-OH is 2. The van der Waals surface area contributed by atoms with Crippen molar-refractivity contribution in [2.24, 2.45) is 0 Å². The normalized spacial score (nSPS) is 14.8. The first kappa shape index (κ1) is 12.1. The Bertz CT molecular complexity index is 189. The minimum atomic E-state index is -1.56. The Balaban J connectivity index is 3.98. The molecule has 0 aromatic heterocycles. The zero-order valence-corrected chi connectivity index (χ0v) is 7.69. The molecule has 5 nitrogen and oxygen atoms in total. The summed E-state index contributed by atoms with van der Waals surface area (Å²) < 4.78 is 4.56. The molecule has 0 saturated heterocycles. The Labute approximate surface area is 76.3 Å². The monoisotopic (exact) mass is 190 g/mol. The quantitative estimate of drug-likeness (QED) is 0.557. The number of rotatable bonds is 5. The van der Waals surface area contributed by atoms with Gasteiger partial charge in [-0.1, -0.05) is 6.92 Å². The third kappa shape index (κ3) is 4.00. The predicted molar refractivity (Wildman–Crippen MR) is 43.9 cm³/mol. The number of carbonyl (C=O) groups excluding carboxylic acids is 2. The summed E-state index contributed by atoms with van der Waals surface area (Å²) in [4.78, 5) is 21.8. The van der Waals surface area contributed by atoms with E-state index in [9.17, 15) is 9.59 Å². The molecule has 0 spiro atoms. The lowest BCUT2D eigenvalue weighted by Crippen LogP contribution is -2.32. The van der Waals surface area contributed by atoms with Crippen LogP contribution in [0.15, 0.2) is 0 Å². The van der Waals surface area contributed by atoms with Crippen molar-refractivity contribution in [3.8, 4) is 0 Å². The van der Waals surface area contributed by atoms with Crippen LogP contribution in [-0.4, -0.2) is 40.8 Å². The molecule has 2 N–H and O–H groups in total. The molecule has 0 aliphatic rings. The van der Waals surface area contributed by atoms with Crippen LogP contribution in [0.25, 0.3) is 0 Å². The summed E-state index contributed by atoms with van der Waals surface area (Å²) in [6.07, 6.45) is -2.16. The van der Waals surface area contributed by atoms with Crippen molar-refractivity contribution in [3.05, 3.63) is 0 Å². The Hall–Kier alpha value is -0.940. The highest BCUT2D eigenvalue weighted by atomic mass is 16.6. The minimum absolute atomic E-state index is 0.224. The number of Topliss-reactive ketones (excluding diaryl/α,β-unsaturated/α-hetero) is 1. The van der Waals surface area contributed by atoms with Crippen LogP contribution in [0.4, 0.5) is 0 Å². The van der Waals surface area contributed by atoms with E-state index in [-0.39, 0.29) is 12.2 Å². The topological polar surface area (TPSA) is 83.8 Å². The van der Waals surface area contributed by atoms with E-state index < -0.39 is 24.8 Å². The summed E-state index contributed by atoms with van der Waals surface area (Å²) in [5, 5.41) is 17.2. The third-order valence-corrected chi connectivity index (χ3v) is 1.54. The van der Waals surface area contributed by atoms with Crippen molar-refractivity contribution in [1.82, 2.24) is 0 Å². The highest BCUT2D eigenvalue weighted by Crippen LogP contribution is 1.99. The van der Waals surface area contributed by atoms with Gasteiger partial charge >= 0.3 is 5.97 Å². The molecule has 13 heavy (non-hydrogen) atoms. The number of esters is 1. The van der Waals surface area contributed by atoms with E-state index in [0.717, 1.165) is 0 Å². The van der Waals surface area contributed by atoms with E-state index in [1.165, 1.54) is 6.92 Å². The molecule has 2 unspecified atom stereocenters. The van der Waals surface area contributed by atoms with Gasteiger partial charge in [0.15, 0.2) is 18.0 Å². The van der Waals surface area contributed by atoms with Crippen LogP contribution >= 0.6 is 0 Å². The number of ketones is 1. The second kappa shape index (κ2) is 5.66. The van der Waals surface area contributed by atoms with Gasteiger partial charge in [0.05, 0.1) is 6.61 Å². The molecule has 0 aliphatic heterocycles. The summed E-state index contributed by atoms with van der Waals surface area (Å²) in [6.45, 7) is 2.37. The fraction of sp³-hybridized carbons (Fsp3) is 0.750. The second-order valence-corrected chi connectivity index (χ2v) is 2.60. The predicted octanol–water partition coefficient (Wildman–Crippen LogP) is -0.750. The average molecular weight is 190 g/mol. The van der Waals surface area contributed by atoms with E-state index in [2.05, 4.69) is 4.74 Å². The molecule has 0 radical (unpaired) electrons. The van der Waals surface area contributed by atoms with E-state index in [1.807, 2.05) is 0 Å². The molecule has 0 aliphatic carbocycles. The van der Waals surface area contributed by atoms with Crippen molar-refractivity contribution >= 4 is 11.8 Å². The zero-order chi connectivity index (χ0) is 10.4. The van der Waals surface area contributed by atoms with Crippen LogP contribution in [0, 0.1) is 0 Å². The molecule has 0 amide bonds. The maximum atomic E-state index is 10.9. The Kier molecular flexibility index (Phi) is 5.25. The molecule has 0 aromatic carbocycles. The van der Waals surface area contributed by atoms with Gasteiger partial charge < -0.3 is 14.9 Å². The standard InChI is InChI=1S/C8H14O5/c1-3-6(10)5(2)13-8(12)7(11)4-9/h5,7,9,11H,3-4H2,1-2H3. The van der Waals surface area contributed by atoms with Crippen LogP contribution < -0.4 is 0 Å². The van der Waals surface area contributed by atoms with Crippen LogP contribution in [0.3, 0.4) is 0 Å². The molecule has 76 valence electrons. The van der Waals surface area contributed by atoms with E-state index in [0.29, 0.717) is 0 Å². The molecule has 0 bridgehead atoms. The lowest BCUT2D eigenvalue weighted by Gasteiger charge is -2.13. The summed E-state index contributed by atoms with van der Waals surface area (Å²) in [7, 11) is 0. The van der Waals surface area contributed by atoms with Crippen LogP contribution in [0.2, 0.25) is 0 Å². The fourth-order valence-electron chi connectivity index (χ4n) is 0.680. The maximum absolute atomic E-state index is 10.9. The largest absolute Gasteiger partial charge is 0.453 e. The Morgan fingerprint density at radius 1 is 1.46 bits per heavy atom. The van der Waals surface area contributed by atoms with E-state index in [4.69, 9.17) is 10.2 Å². The van der Waals surface area contributed by atoms with Crippen molar-refractivity contribution in [1.29, 1.82) is 0 Å². The molecule has 0 fully saturated rings. The van der Waals surface area contributed by atoms with Crippen molar-refractivity contribution in [2.45, 2.75) is 32.5 Å². The summed E-state index contributed by atoms with van der Waals surface area (Å²) in [6, 6.07) is 0. The van der Waals surface area contributed by atoms with Gasteiger partial charge in [-0.3, -0.25) is 4.79 Å². The van der Waals surface area contributed by atoms with Crippen LogP contribution in [-0.2, 0) is 14.3 Å². The number of hydrogen-bond acceptors (Lipinski definition) is 5. The summed E-state index contributed by atoms with van der Waals surface area (Å²) >= 11 is 0. The van der Waals surface area contributed by atoms with Gasteiger partial charge in [0.2, 0.25) is 0 Å². The van der Waals surface area contributed by atoms with E-state index >= 15 is 0 Å². The molecule has 0 saturated carbocycles. The van der Waals surface area contributed by atoms with Gasteiger partial charge in [0, 0.05) is 6.42 Å². The lowest BCUT2D eigenvalue weighted by atomic mass is 10.2. The summed E-state index contributed by atoms with van der Waals surface area (Å²) in [5.41, 5.74) is 0. The number of carbonyl (C=O) groups is 2. The van der Waals surface area contributed by atoms with Crippen molar-refractivity contribution < 1.29 is 24.5 Å². The second-order valence-electron chi connectivity index (χ2n) is 2.60. The number of ether oxygens (including phenoxy) is 1. The van der Waals surface area contributed by atoms with Gasteiger partial charge in [-0.15, -0.1) is 0 Å². The van der Waals surface area contributed by atoms with Gasteiger partial charge in [0.25, 0.3) is 0 Å². The zero-order valence-electron chi connectivity index (χ0n) is 7.69. The molecular formula is C8H14O5. The SMILES string of the molecule is CCC(=O)C(C)OC(=O)C(O)CO. The third-order valence-electron chi connectivity index (χ3n) is 1.54. The summed E-state index contributed by atoms with van der Waals surface area (Å²) in [5.74, 6) is -1.20.